The van der Waals surface area contributed by atoms with Crippen LogP contribution in [0.15, 0.2) is 18.2 Å². The highest BCUT2D eigenvalue weighted by Gasteiger charge is 2.34. The first-order valence-electron chi connectivity index (χ1n) is 6.71. The smallest absolute Gasteiger partial charge is 0.0346 e. The van der Waals surface area contributed by atoms with E-state index in [1.807, 2.05) is 12.1 Å². The van der Waals surface area contributed by atoms with Gasteiger partial charge in [-0.2, -0.15) is 0 Å². The highest BCUT2D eigenvalue weighted by atomic mass is 14.9. The summed E-state index contributed by atoms with van der Waals surface area (Å²) in [4.78, 5) is 0. The highest BCUT2D eigenvalue weighted by molar-refractivity contribution is 5.49. The van der Waals surface area contributed by atoms with Crippen LogP contribution in [0.3, 0.4) is 0 Å². The van der Waals surface area contributed by atoms with Crippen molar-refractivity contribution in [3.63, 3.8) is 0 Å². The lowest BCUT2D eigenvalue weighted by molar-refractivity contribution is 0.124. The van der Waals surface area contributed by atoms with Crippen molar-refractivity contribution in [2.75, 3.05) is 12.3 Å². The molecule has 2 nitrogen and oxygen atoms in total. The van der Waals surface area contributed by atoms with Gasteiger partial charge in [-0.05, 0) is 48.8 Å². The van der Waals surface area contributed by atoms with Gasteiger partial charge in [0.15, 0.2) is 0 Å². The van der Waals surface area contributed by atoms with Crippen LogP contribution in [-0.2, 0) is 6.54 Å². The molecule has 0 atom stereocenters. The normalized spacial score (nSPS) is 17.8. The SMILES string of the molecule is CCC1(CNCc2cccc(N)c2C)CCC1. The topological polar surface area (TPSA) is 38.0 Å². The average Bonchev–Trinajstić information content (AvgIpc) is 2.28. The zero-order chi connectivity index (χ0) is 12.3. The van der Waals surface area contributed by atoms with E-state index < -0.39 is 0 Å². The molecule has 3 N–H and O–H groups in total. The standard InChI is InChI=1S/C15H24N2/c1-3-15(8-5-9-15)11-17-10-13-6-4-7-14(16)12(13)2/h4,6-7,17H,3,5,8-11,16H2,1-2H3. The van der Waals surface area contributed by atoms with Crippen LogP contribution >= 0.6 is 0 Å². The summed E-state index contributed by atoms with van der Waals surface area (Å²) in [6.45, 7) is 6.51. The van der Waals surface area contributed by atoms with E-state index in [1.54, 1.807) is 0 Å². The number of nitrogens with two attached hydrogens (primary N) is 1. The van der Waals surface area contributed by atoms with Crippen molar-refractivity contribution in [2.45, 2.75) is 46.1 Å². The fourth-order valence-electron chi connectivity index (χ4n) is 2.69. The second-order valence-corrected chi connectivity index (χ2v) is 5.44. The zero-order valence-electron chi connectivity index (χ0n) is 11.1. The molecule has 1 aliphatic rings. The van der Waals surface area contributed by atoms with Crippen molar-refractivity contribution in [2.24, 2.45) is 5.41 Å². The Morgan fingerprint density at radius 2 is 2.12 bits per heavy atom. The summed E-state index contributed by atoms with van der Waals surface area (Å²) >= 11 is 0. The second kappa shape index (κ2) is 5.09. The lowest BCUT2D eigenvalue weighted by atomic mass is 9.67. The van der Waals surface area contributed by atoms with Gasteiger partial charge in [-0.3, -0.25) is 0 Å². The minimum absolute atomic E-state index is 0.591. The summed E-state index contributed by atoms with van der Waals surface area (Å²) in [6.07, 6.45) is 5.50. The third-order valence-corrected chi connectivity index (χ3v) is 4.47. The monoisotopic (exact) mass is 232 g/mol. The number of anilines is 1. The average molecular weight is 232 g/mol. The van der Waals surface area contributed by atoms with E-state index >= 15 is 0 Å². The van der Waals surface area contributed by atoms with E-state index in [2.05, 4.69) is 25.2 Å². The number of hydrogen-bond donors (Lipinski definition) is 2. The van der Waals surface area contributed by atoms with Gasteiger partial charge in [0.1, 0.15) is 0 Å². The maximum atomic E-state index is 5.91. The van der Waals surface area contributed by atoms with E-state index in [-0.39, 0.29) is 0 Å². The molecule has 0 radical (unpaired) electrons. The van der Waals surface area contributed by atoms with Crippen LogP contribution in [0.4, 0.5) is 5.69 Å². The maximum absolute atomic E-state index is 5.91. The molecular weight excluding hydrogens is 208 g/mol. The molecular formula is C15H24N2. The van der Waals surface area contributed by atoms with Gasteiger partial charge < -0.3 is 11.1 Å². The van der Waals surface area contributed by atoms with E-state index in [0.29, 0.717) is 5.41 Å². The molecule has 2 rings (SSSR count). The molecule has 1 saturated carbocycles. The predicted molar refractivity (Wildman–Crippen MR) is 73.9 cm³/mol. The first-order chi connectivity index (χ1) is 8.17. The second-order valence-electron chi connectivity index (χ2n) is 5.44. The Balaban J connectivity index is 1.88. The van der Waals surface area contributed by atoms with E-state index in [4.69, 9.17) is 5.73 Å². The lowest BCUT2D eigenvalue weighted by Gasteiger charge is -2.41. The van der Waals surface area contributed by atoms with Gasteiger partial charge in [-0.1, -0.05) is 25.5 Å². The molecule has 1 fully saturated rings. The minimum atomic E-state index is 0.591. The van der Waals surface area contributed by atoms with Gasteiger partial charge in [0.25, 0.3) is 0 Å². The Labute approximate surface area is 105 Å². The molecule has 1 aliphatic carbocycles. The summed E-state index contributed by atoms with van der Waals surface area (Å²) in [7, 11) is 0. The number of nitrogen functional groups attached to an aromatic ring is 1. The number of rotatable bonds is 5. The van der Waals surface area contributed by atoms with Crippen LogP contribution in [0.1, 0.15) is 43.7 Å². The van der Waals surface area contributed by atoms with Gasteiger partial charge in [0, 0.05) is 18.8 Å². The van der Waals surface area contributed by atoms with Crippen LogP contribution in [0.25, 0.3) is 0 Å². The molecule has 1 aromatic carbocycles. The molecule has 0 amide bonds. The van der Waals surface area contributed by atoms with Crippen molar-refractivity contribution in [3.05, 3.63) is 29.3 Å². The van der Waals surface area contributed by atoms with Gasteiger partial charge in [-0.15, -0.1) is 0 Å². The number of nitrogens with one attached hydrogen (secondary N) is 1. The van der Waals surface area contributed by atoms with Crippen LogP contribution in [0.5, 0.6) is 0 Å². The zero-order valence-corrected chi connectivity index (χ0v) is 11.1. The van der Waals surface area contributed by atoms with Crippen molar-refractivity contribution in [3.8, 4) is 0 Å². The third kappa shape index (κ3) is 2.63. The Morgan fingerprint density at radius 1 is 1.35 bits per heavy atom. The molecule has 0 aliphatic heterocycles. The van der Waals surface area contributed by atoms with Gasteiger partial charge in [0.05, 0.1) is 0 Å². The molecule has 0 unspecified atom stereocenters. The Morgan fingerprint density at radius 3 is 2.71 bits per heavy atom. The molecule has 0 bridgehead atoms. The van der Waals surface area contributed by atoms with Crippen LogP contribution in [0.2, 0.25) is 0 Å². The Bertz CT molecular complexity index is 375. The maximum Gasteiger partial charge on any atom is 0.0346 e. The number of benzene rings is 1. The molecule has 0 spiro atoms. The third-order valence-electron chi connectivity index (χ3n) is 4.47. The van der Waals surface area contributed by atoms with Crippen LogP contribution < -0.4 is 11.1 Å². The van der Waals surface area contributed by atoms with Crippen LogP contribution in [-0.4, -0.2) is 6.54 Å². The Kier molecular flexibility index (Phi) is 3.72. The molecule has 17 heavy (non-hydrogen) atoms. The summed E-state index contributed by atoms with van der Waals surface area (Å²) < 4.78 is 0. The first-order valence-corrected chi connectivity index (χ1v) is 6.71. The summed E-state index contributed by atoms with van der Waals surface area (Å²) in [5.74, 6) is 0. The molecule has 0 saturated heterocycles. The summed E-state index contributed by atoms with van der Waals surface area (Å²) in [5.41, 5.74) is 9.96. The summed E-state index contributed by atoms with van der Waals surface area (Å²) in [5, 5.41) is 3.61. The first kappa shape index (κ1) is 12.4. The van der Waals surface area contributed by atoms with Crippen molar-refractivity contribution in [1.29, 1.82) is 0 Å². The lowest BCUT2D eigenvalue weighted by Crippen LogP contribution is -2.39. The fourth-order valence-corrected chi connectivity index (χ4v) is 2.69. The Hall–Kier alpha value is -1.02. The summed E-state index contributed by atoms with van der Waals surface area (Å²) in [6, 6.07) is 6.18. The number of hydrogen-bond acceptors (Lipinski definition) is 2. The highest BCUT2D eigenvalue weighted by Crippen LogP contribution is 2.43. The van der Waals surface area contributed by atoms with E-state index in [1.165, 1.54) is 36.8 Å². The molecule has 94 valence electrons. The molecule has 0 heterocycles. The van der Waals surface area contributed by atoms with E-state index in [0.717, 1.165) is 18.8 Å². The van der Waals surface area contributed by atoms with E-state index in [9.17, 15) is 0 Å². The van der Waals surface area contributed by atoms with Crippen LogP contribution in [0, 0.1) is 12.3 Å². The fraction of sp³-hybridized carbons (Fsp3) is 0.600. The molecule has 0 aromatic heterocycles. The van der Waals surface area contributed by atoms with Crippen molar-refractivity contribution < 1.29 is 0 Å². The predicted octanol–water partition coefficient (Wildman–Crippen LogP) is 3.25. The van der Waals surface area contributed by atoms with Gasteiger partial charge >= 0.3 is 0 Å². The minimum Gasteiger partial charge on any atom is -0.399 e. The van der Waals surface area contributed by atoms with Gasteiger partial charge in [-0.25, -0.2) is 0 Å². The largest absolute Gasteiger partial charge is 0.399 e. The van der Waals surface area contributed by atoms with Crippen molar-refractivity contribution in [1.82, 2.24) is 5.32 Å². The quantitative estimate of drug-likeness (QED) is 0.765. The van der Waals surface area contributed by atoms with Crippen molar-refractivity contribution >= 4 is 5.69 Å². The molecule has 1 aromatic rings. The molecule has 2 heteroatoms. The van der Waals surface area contributed by atoms with Gasteiger partial charge in [0.2, 0.25) is 0 Å².